The molecule has 0 aliphatic carbocycles. The van der Waals surface area contributed by atoms with Crippen molar-refractivity contribution in [1.82, 2.24) is 4.90 Å². The van der Waals surface area contributed by atoms with E-state index in [0.717, 1.165) is 23.8 Å². The first-order chi connectivity index (χ1) is 10.9. The van der Waals surface area contributed by atoms with Crippen LogP contribution in [0.2, 0.25) is 0 Å². The quantitative estimate of drug-likeness (QED) is 0.899. The Balaban J connectivity index is 2.12. The van der Waals surface area contributed by atoms with Crippen molar-refractivity contribution in [2.45, 2.75) is 12.5 Å². The number of hydrogen-bond donors (Lipinski definition) is 1. The van der Waals surface area contributed by atoms with Crippen molar-refractivity contribution >= 4 is 11.7 Å². The fourth-order valence-electron chi connectivity index (χ4n) is 2.98. The zero-order valence-electron chi connectivity index (χ0n) is 12.5. The molecule has 0 aromatic heterocycles. The number of halogens is 2. The summed E-state index contributed by atoms with van der Waals surface area (Å²) >= 11 is 0. The van der Waals surface area contributed by atoms with E-state index >= 15 is 0 Å². The van der Waals surface area contributed by atoms with Crippen LogP contribution in [0.1, 0.15) is 18.1 Å². The van der Waals surface area contributed by atoms with Crippen LogP contribution in [-0.2, 0) is 5.54 Å². The van der Waals surface area contributed by atoms with Gasteiger partial charge in [-0.2, -0.15) is 0 Å². The van der Waals surface area contributed by atoms with Crippen molar-refractivity contribution in [3.63, 3.8) is 0 Å². The Morgan fingerprint density at radius 1 is 1.17 bits per heavy atom. The lowest BCUT2D eigenvalue weighted by Gasteiger charge is -2.32. The first-order valence-corrected chi connectivity index (χ1v) is 7.15. The summed E-state index contributed by atoms with van der Waals surface area (Å²) in [7, 11) is 0. The monoisotopic (exact) mass is 315 g/mol. The standard InChI is InChI=1S/C18H15F2NO2/c1-18(13-5-3-2-4-6-13)10-12(11-21(18)17(22)23)15-9-14(19)7-8-16(15)20/h2-10H,11H2,1H3,(H,22,23). The maximum absolute atomic E-state index is 14.0. The van der Waals surface area contributed by atoms with E-state index in [0.29, 0.717) is 5.57 Å². The molecule has 5 heteroatoms. The van der Waals surface area contributed by atoms with Crippen molar-refractivity contribution in [3.8, 4) is 0 Å². The summed E-state index contributed by atoms with van der Waals surface area (Å²) in [4.78, 5) is 12.9. The number of benzene rings is 2. The maximum atomic E-state index is 14.0. The Bertz CT molecular complexity index is 789. The molecule has 1 amide bonds. The van der Waals surface area contributed by atoms with Gasteiger partial charge in [0.25, 0.3) is 0 Å². The smallest absolute Gasteiger partial charge is 0.408 e. The number of nitrogens with zero attached hydrogens (tertiary/aromatic N) is 1. The van der Waals surface area contributed by atoms with E-state index in [2.05, 4.69) is 0 Å². The Labute approximate surface area is 132 Å². The summed E-state index contributed by atoms with van der Waals surface area (Å²) < 4.78 is 27.5. The van der Waals surface area contributed by atoms with E-state index in [1.54, 1.807) is 13.0 Å². The Hall–Kier alpha value is -2.69. The lowest BCUT2D eigenvalue weighted by atomic mass is 9.91. The van der Waals surface area contributed by atoms with Gasteiger partial charge in [0.15, 0.2) is 0 Å². The minimum Gasteiger partial charge on any atom is -0.465 e. The summed E-state index contributed by atoms with van der Waals surface area (Å²) in [6, 6.07) is 12.3. The summed E-state index contributed by atoms with van der Waals surface area (Å²) in [5, 5.41) is 9.52. The third kappa shape index (κ3) is 2.59. The van der Waals surface area contributed by atoms with E-state index < -0.39 is 23.3 Å². The number of hydrogen-bond acceptors (Lipinski definition) is 1. The topological polar surface area (TPSA) is 40.5 Å². The maximum Gasteiger partial charge on any atom is 0.408 e. The van der Waals surface area contributed by atoms with Gasteiger partial charge in [-0.1, -0.05) is 30.3 Å². The predicted octanol–water partition coefficient (Wildman–Crippen LogP) is 4.26. The van der Waals surface area contributed by atoms with Gasteiger partial charge in [0, 0.05) is 5.56 Å². The van der Waals surface area contributed by atoms with Gasteiger partial charge in [-0.15, -0.1) is 0 Å². The third-order valence-corrected chi connectivity index (χ3v) is 4.21. The molecule has 0 bridgehead atoms. The molecule has 23 heavy (non-hydrogen) atoms. The highest BCUT2D eigenvalue weighted by molar-refractivity contribution is 5.79. The van der Waals surface area contributed by atoms with Crippen LogP contribution in [-0.4, -0.2) is 22.6 Å². The highest BCUT2D eigenvalue weighted by Crippen LogP contribution is 2.40. The first kappa shape index (κ1) is 15.2. The van der Waals surface area contributed by atoms with Crippen molar-refractivity contribution in [3.05, 3.63) is 77.4 Å². The molecule has 0 saturated carbocycles. The van der Waals surface area contributed by atoms with Crippen LogP contribution in [0.15, 0.2) is 54.6 Å². The lowest BCUT2D eigenvalue weighted by Crippen LogP contribution is -2.42. The van der Waals surface area contributed by atoms with E-state index in [-0.39, 0.29) is 12.1 Å². The van der Waals surface area contributed by atoms with Crippen LogP contribution < -0.4 is 0 Å². The fourth-order valence-corrected chi connectivity index (χ4v) is 2.98. The molecule has 0 radical (unpaired) electrons. The number of amides is 1. The second kappa shape index (κ2) is 5.50. The molecule has 0 spiro atoms. The first-order valence-electron chi connectivity index (χ1n) is 7.15. The minimum atomic E-state index is -1.11. The molecule has 3 rings (SSSR count). The van der Waals surface area contributed by atoms with Crippen LogP contribution in [0.3, 0.4) is 0 Å². The van der Waals surface area contributed by atoms with Gasteiger partial charge in [0.1, 0.15) is 11.6 Å². The van der Waals surface area contributed by atoms with Crippen molar-refractivity contribution < 1.29 is 18.7 Å². The molecule has 118 valence electrons. The Morgan fingerprint density at radius 2 is 1.87 bits per heavy atom. The molecular formula is C18H15F2NO2. The molecule has 2 aromatic rings. The van der Waals surface area contributed by atoms with Gasteiger partial charge in [-0.25, -0.2) is 13.6 Å². The average Bonchev–Trinajstić information content (AvgIpc) is 2.90. The zero-order valence-corrected chi connectivity index (χ0v) is 12.5. The lowest BCUT2D eigenvalue weighted by molar-refractivity contribution is 0.119. The van der Waals surface area contributed by atoms with E-state index in [1.165, 1.54) is 4.90 Å². The summed E-state index contributed by atoms with van der Waals surface area (Å²) in [5.74, 6) is -1.13. The molecule has 3 nitrogen and oxygen atoms in total. The highest BCUT2D eigenvalue weighted by Gasteiger charge is 2.41. The van der Waals surface area contributed by atoms with E-state index in [4.69, 9.17) is 0 Å². The van der Waals surface area contributed by atoms with Gasteiger partial charge in [0.2, 0.25) is 0 Å². The molecule has 2 aromatic carbocycles. The number of carboxylic acid groups (broad SMARTS) is 1. The Morgan fingerprint density at radius 3 is 2.52 bits per heavy atom. The molecule has 1 aliphatic heterocycles. The molecule has 1 atom stereocenters. The van der Waals surface area contributed by atoms with Crippen LogP contribution >= 0.6 is 0 Å². The molecule has 1 aliphatic rings. The predicted molar refractivity (Wildman–Crippen MR) is 82.9 cm³/mol. The van der Waals surface area contributed by atoms with Gasteiger partial charge >= 0.3 is 6.09 Å². The molecular weight excluding hydrogens is 300 g/mol. The van der Waals surface area contributed by atoms with Crippen LogP contribution in [0.5, 0.6) is 0 Å². The van der Waals surface area contributed by atoms with Gasteiger partial charge in [0.05, 0.1) is 12.1 Å². The van der Waals surface area contributed by atoms with E-state index in [9.17, 15) is 18.7 Å². The normalized spacial score (nSPS) is 20.5. The van der Waals surface area contributed by atoms with Crippen molar-refractivity contribution in [2.75, 3.05) is 6.54 Å². The van der Waals surface area contributed by atoms with Crippen molar-refractivity contribution in [2.24, 2.45) is 0 Å². The third-order valence-electron chi connectivity index (χ3n) is 4.21. The highest BCUT2D eigenvalue weighted by atomic mass is 19.1. The molecule has 0 fully saturated rings. The largest absolute Gasteiger partial charge is 0.465 e. The fraction of sp³-hybridized carbons (Fsp3) is 0.167. The van der Waals surface area contributed by atoms with Crippen LogP contribution in [0, 0.1) is 11.6 Å². The van der Waals surface area contributed by atoms with Gasteiger partial charge in [-0.3, -0.25) is 4.90 Å². The molecule has 1 heterocycles. The Kier molecular flexibility index (Phi) is 3.64. The summed E-state index contributed by atoms with van der Waals surface area (Å²) in [6.07, 6.45) is 0.577. The summed E-state index contributed by atoms with van der Waals surface area (Å²) in [5.41, 5.74) is 0.391. The minimum absolute atomic E-state index is 0.00109. The van der Waals surface area contributed by atoms with Crippen LogP contribution in [0.25, 0.3) is 5.57 Å². The van der Waals surface area contributed by atoms with Crippen molar-refractivity contribution in [1.29, 1.82) is 0 Å². The zero-order chi connectivity index (χ0) is 16.6. The van der Waals surface area contributed by atoms with Gasteiger partial charge in [-0.05, 0) is 42.3 Å². The van der Waals surface area contributed by atoms with Crippen LogP contribution in [0.4, 0.5) is 13.6 Å². The average molecular weight is 315 g/mol. The van der Waals surface area contributed by atoms with E-state index in [1.807, 2.05) is 30.3 Å². The molecule has 1 unspecified atom stereocenters. The van der Waals surface area contributed by atoms with Gasteiger partial charge < -0.3 is 5.11 Å². The SMILES string of the molecule is CC1(c2ccccc2)C=C(c2cc(F)ccc2F)CN1C(=O)O. The number of carbonyl (C=O) groups is 1. The second-order valence-electron chi connectivity index (χ2n) is 5.68. The molecule has 1 N–H and O–H groups in total. The molecule has 0 saturated heterocycles. The second-order valence-corrected chi connectivity index (χ2v) is 5.68. The number of rotatable bonds is 2. The summed E-state index contributed by atoms with van der Waals surface area (Å²) in [6.45, 7) is 1.75.